The summed E-state index contributed by atoms with van der Waals surface area (Å²) in [5.74, 6) is 1.37. The van der Waals surface area contributed by atoms with Gasteiger partial charge in [0, 0.05) is 48.9 Å². The Morgan fingerprint density at radius 1 is 1.14 bits per heavy atom. The zero-order valence-electron chi connectivity index (χ0n) is 23.0. The van der Waals surface area contributed by atoms with Crippen molar-refractivity contribution in [2.45, 2.75) is 71.0 Å². The van der Waals surface area contributed by atoms with Gasteiger partial charge in [-0.05, 0) is 94.1 Å². The molecule has 37 heavy (non-hydrogen) atoms. The minimum atomic E-state index is -0.0506. The van der Waals surface area contributed by atoms with Crippen molar-refractivity contribution < 1.29 is 14.6 Å². The van der Waals surface area contributed by atoms with Crippen LogP contribution in [0.5, 0.6) is 11.5 Å². The Labute approximate surface area is 220 Å². The lowest BCUT2D eigenvalue weighted by Crippen LogP contribution is -2.61. The lowest BCUT2D eigenvalue weighted by molar-refractivity contribution is -0.118. The van der Waals surface area contributed by atoms with E-state index in [-0.39, 0.29) is 22.7 Å². The molecular formula is C29H43N5O3. The molecule has 0 spiro atoms. The van der Waals surface area contributed by atoms with Crippen LogP contribution >= 0.6 is 0 Å². The van der Waals surface area contributed by atoms with Gasteiger partial charge < -0.3 is 36.8 Å². The van der Waals surface area contributed by atoms with Gasteiger partial charge in [0.05, 0.1) is 12.4 Å². The van der Waals surface area contributed by atoms with Gasteiger partial charge in [0.1, 0.15) is 11.5 Å². The van der Waals surface area contributed by atoms with Gasteiger partial charge in [-0.25, -0.2) is 0 Å². The van der Waals surface area contributed by atoms with Crippen molar-refractivity contribution in [2.24, 2.45) is 11.5 Å². The number of nitrogens with zero attached hydrogens (tertiary/aromatic N) is 1. The molecule has 0 unspecified atom stereocenters. The number of nitrogens with one attached hydrogen (secondary N) is 2. The number of fused-ring (bicyclic) bond motifs is 1. The highest BCUT2D eigenvalue weighted by Gasteiger charge is 2.39. The molecular weight excluding hydrogens is 466 g/mol. The summed E-state index contributed by atoms with van der Waals surface area (Å²) in [5, 5.41) is 18.9. The third-order valence-corrected chi connectivity index (χ3v) is 6.76. The second-order valence-corrected chi connectivity index (χ2v) is 11.3. The van der Waals surface area contributed by atoms with Gasteiger partial charge in [-0.15, -0.1) is 0 Å². The summed E-state index contributed by atoms with van der Waals surface area (Å²) in [4.78, 5) is 13.1. The first-order valence-corrected chi connectivity index (χ1v) is 12.9. The predicted octanol–water partition coefficient (Wildman–Crippen LogP) is 3.79. The number of phenolic OH excluding ortho intramolecular Hbond substituents is 1. The van der Waals surface area contributed by atoms with E-state index in [1.54, 1.807) is 18.2 Å². The highest BCUT2D eigenvalue weighted by Crippen LogP contribution is 2.33. The molecule has 1 saturated heterocycles. The second-order valence-electron chi connectivity index (χ2n) is 11.3. The number of carbonyl (C=O) groups excluding carboxylic acids is 1. The molecule has 0 saturated carbocycles. The van der Waals surface area contributed by atoms with E-state index in [1.807, 2.05) is 31.3 Å². The van der Waals surface area contributed by atoms with E-state index in [2.05, 4.69) is 43.2 Å². The molecule has 2 aromatic rings. The number of rotatable bonds is 9. The largest absolute Gasteiger partial charge is 0.507 e. The Kier molecular flexibility index (Phi) is 8.64. The molecule has 8 nitrogen and oxygen atoms in total. The molecule has 8 heteroatoms. The number of hydrogen-bond acceptors (Lipinski definition) is 7. The van der Waals surface area contributed by atoms with E-state index in [1.165, 1.54) is 6.92 Å². The number of aromatic hydroxyl groups is 1. The van der Waals surface area contributed by atoms with Gasteiger partial charge in [0.25, 0.3) is 0 Å². The molecule has 3 rings (SSSR count). The van der Waals surface area contributed by atoms with Crippen LogP contribution in [-0.4, -0.2) is 53.2 Å². The molecule has 7 N–H and O–H groups in total. The average molecular weight is 510 g/mol. The normalized spacial score (nSPS) is 18.0. The molecule has 0 aromatic heterocycles. The topological polar surface area (TPSA) is 126 Å². The standard InChI is InChI=1S/C29H43N5O3/c1-19(35)32-12-7-13-37-23-9-8-20-15-24(26(36)16-21(20)14-23)25(30)10-11-27(31)34(6)22-17-28(2,3)33-29(4,5)18-22/h8-11,14-16,22,33,36H,7,12-13,17-18,30-31H2,1-6H3,(H,32,35)/b25-10-,27-11+. The summed E-state index contributed by atoms with van der Waals surface area (Å²) in [7, 11) is 2.02. The van der Waals surface area contributed by atoms with Crippen LogP contribution in [0.1, 0.15) is 59.4 Å². The number of amides is 1. The molecule has 0 atom stereocenters. The van der Waals surface area contributed by atoms with Crippen LogP contribution in [0.4, 0.5) is 0 Å². The van der Waals surface area contributed by atoms with Crippen molar-refractivity contribution in [1.29, 1.82) is 0 Å². The fourth-order valence-electron chi connectivity index (χ4n) is 5.25. The van der Waals surface area contributed by atoms with Gasteiger partial charge in [-0.3, -0.25) is 4.79 Å². The highest BCUT2D eigenvalue weighted by molar-refractivity contribution is 5.89. The first kappa shape index (κ1) is 28.2. The van der Waals surface area contributed by atoms with E-state index in [9.17, 15) is 9.90 Å². The summed E-state index contributed by atoms with van der Waals surface area (Å²) in [6, 6.07) is 9.56. The van der Waals surface area contributed by atoms with Crippen molar-refractivity contribution in [3.8, 4) is 11.5 Å². The zero-order valence-corrected chi connectivity index (χ0v) is 23.0. The van der Waals surface area contributed by atoms with Gasteiger partial charge in [0.2, 0.25) is 5.91 Å². The number of benzene rings is 2. The van der Waals surface area contributed by atoms with Gasteiger partial charge in [-0.2, -0.15) is 0 Å². The Balaban J connectivity index is 1.71. The average Bonchev–Trinajstić information content (AvgIpc) is 2.78. The Morgan fingerprint density at radius 2 is 1.81 bits per heavy atom. The van der Waals surface area contributed by atoms with Crippen LogP contribution in [0.3, 0.4) is 0 Å². The summed E-state index contributed by atoms with van der Waals surface area (Å²) in [6.07, 6.45) is 6.22. The van der Waals surface area contributed by atoms with E-state index in [0.717, 1.165) is 23.6 Å². The Morgan fingerprint density at radius 3 is 2.46 bits per heavy atom. The zero-order chi connectivity index (χ0) is 27.4. The number of nitrogens with two attached hydrogens (primary N) is 2. The van der Waals surface area contributed by atoms with Crippen molar-refractivity contribution in [2.75, 3.05) is 20.2 Å². The fourth-order valence-corrected chi connectivity index (χ4v) is 5.25. The maximum absolute atomic E-state index is 10.9. The molecule has 0 aliphatic carbocycles. The van der Waals surface area contributed by atoms with Crippen LogP contribution in [0.25, 0.3) is 16.5 Å². The SMILES string of the molecule is CC(=O)NCCCOc1ccc2cc(/C(N)=C/C=C(\N)N(C)C3CC(C)(C)NC(C)(C)C3)c(O)cc2c1. The summed E-state index contributed by atoms with van der Waals surface area (Å²) in [5.41, 5.74) is 13.8. The van der Waals surface area contributed by atoms with E-state index < -0.39 is 0 Å². The van der Waals surface area contributed by atoms with Crippen LogP contribution in [0.2, 0.25) is 0 Å². The van der Waals surface area contributed by atoms with Crippen LogP contribution in [0.15, 0.2) is 48.3 Å². The lowest BCUT2D eigenvalue weighted by atomic mass is 9.79. The van der Waals surface area contributed by atoms with Gasteiger partial charge in [-0.1, -0.05) is 6.07 Å². The molecule has 0 radical (unpaired) electrons. The summed E-state index contributed by atoms with van der Waals surface area (Å²) < 4.78 is 5.78. The van der Waals surface area contributed by atoms with Crippen molar-refractivity contribution in [3.05, 3.63) is 53.9 Å². The number of piperidine rings is 1. The second kappa shape index (κ2) is 11.3. The Hall–Kier alpha value is -3.39. The first-order chi connectivity index (χ1) is 17.3. The number of phenols is 1. The van der Waals surface area contributed by atoms with E-state index in [4.69, 9.17) is 16.2 Å². The van der Waals surface area contributed by atoms with Crippen LogP contribution in [0, 0.1) is 0 Å². The monoisotopic (exact) mass is 509 g/mol. The lowest BCUT2D eigenvalue weighted by Gasteiger charge is -2.49. The van der Waals surface area contributed by atoms with Gasteiger partial charge >= 0.3 is 0 Å². The number of hydrogen-bond donors (Lipinski definition) is 5. The van der Waals surface area contributed by atoms with E-state index in [0.29, 0.717) is 48.4 Å². The molecule has 0 bridgehead atoms. The minimum absolute atomic E-state index is 0.0182. The maximum atomic E-state index is 10.9. The van der Waals surface area contributed by atoms with Crippen molar-refractivity contribution in [1.82, 2.24) is 15.5 Å². The molecule has 2 aromatic carbocycles. The van der Waals surface area contributed by atoms with Crippen LogP contribution < -0.4 is 26.8 Å². The quantitative estimate of drug-likeness (QED) is 0.257. The maximum Gasteiger partial charge on any atom is 0.216 e. The Bertz CT molecular complexity index is 1170. The molecule has 1 aliphatic heterocycles. The first-order valence-electron chi connectivity index (χ1n) is 12.9. The highest BCUT2D eigenvalue weighted by atomic mass is 16.5. The third-order valence-electron chi connectivity index (χ3n) is 6.76. The number of allylic oxidation sites excluding steroid dienone is 2. The van der Waals surface area contributed by atoms with E-state index >= 15 is 0 Å². The molecule has 202 valence electrons. The van der Waals surface area contributed by atoms with Gasteiger partial charge in [0.15, 0.2) is 0 Å². The van der Waals surface area contributed by atoms with Crippen molar-refractivity contribution >= 4 is 22.4 Å². The number of ether oxygens (including phenoxy) is 1. The number of carbonyl (C=O) groups is 1. The predicted molar refractivity (Wildman–Crippen MR) is 151 cm³/mol. The molecule has 1 aliphatic rings. The minimum Gasteiger partial charge on any atom is -0.507 e. The smallest absolute Gasteiger partial charge is 0.216 e. The van der Waals surface area contributed by atoms with Crippen LogP contribution in [-0.2, 0) is 4.79 Å². The molecule has 1 fully saturated rings. The summed E-state index contributed by atoms with van der Waals surface area (Å²) >= 11 is 0. The third kappa shape index (κ3) is 7.79. The molecule has 1 amide bonds. The van der Waals surface area contributed by atoms with Crippen molar-refractivity contribution in [3.63, 3.8) is 0 Å². The fraction of sp³-hybridized carbons (Fsp3) is 0.483. The summed E-state index contributed by atoms with van der Waals surface area (Å²) in [6.45, 7) is 11.4. The molecule has 1 heterocycles.